The minimum Gasteiger partial charge on any atom is -0.480 e. The monoisotopic (exact) mass is 385 g/mol. The molecule has 0 saturated carbocycles. The van der Waals surface area contributed by atoms with Gasteiger partial charge in [0.15, 0.2) is 5.82 Å². The molecule has 6 nitrogen and oxygen atoms in total. The van der Waals surface area contributed by atoms with E-state index in [-0.39, 0.29) is 6.61 Å². The summed E-state index contributed by atoms with van der Waals surface area (Å²) in [4.78, 5) is 19.6. The molecule has 0 spiro atoms. The molecular weight excluding hydrogens is 373 g/mol. The van der Waals surface area contributed by atoms with Crippen molar-refractivity contribution in [1.29, 1.82) is 0 Å². The van der Waals surface area contributed by atoms with Crippen LogP contribution in [0.25, 0.3) is 0 Å². The fourth-order valence-corrected chi connectivity index (χ4v) is 2.07. The summed E-state index contributed by atoms with van der Waals surface area (Å²) in [7, 11) is 1.50. The van der Waals surface area contributed by atoms with Crippen molar-refractivity contribution in [1.82, 2.24) is 9.97 Å². The number of anilines is 1. The Kier molecular flexibility index (Phi) is 5.10. The highest BCUT2D eigenvalue weighted by molar-refractivity contribution is 14.1. The number of methoxy groups -OCH3 is 1. The number of aromatic nitrogens is 2. The Morgan fingerprint density at radius 2 is 2.05 bits per heavy atom. The summed E-state index contributed by atoms with van der Waals surface area (Å²) in [5.41, 5.74) is 0.914. The van der Waals surface area contributed by atoms with Crippen molar-refractivity contribution in [2.45, 2.75) is 6.61 Å². The molecule has 0 aliphatic carbocycles. The molecule has 104 valence electrons. The highest BCUT2D eigenvalue weighted by Crippen LogP contribution is 2.23. The van der Waals surface area contributed by atoms with Gasteiger partial charge in [0.25, 0.3) is 0 Å². The Morgan fingerprint density at radius 3 is 2.75 bits per heavy atom. The smallest absolute Gasteiger partial charge is 0.413 e. The van der Waals surface area contributed by atoms with Crippen molar-refractivity contribution < 1.29 is 14.3 Å². The van der Waals surface area contributed by atoms with Gasteiger partial charge in [-0.2, -0.15) is 0 Å². The lowest BCUT2D eigenvalue weighted by molar-refractivity contribution is 0.155. The molecular formula is C13H12IN3O3. The van der Waals surface area contributed by atoms with Crippen LogP contribution in [0.5, 0.6) is 5.88 Å². The second-order valence-corrected chi connectivity index (χ2v) is 4.81. The third-order valence-corrected chi connectivity index (χ3v) is 3.36. The SMILES string of the molecule is COc1ncnc(NC(=O)OCc2ccccc2)c1I. The number of carbonyl (C=O) groups is 1. The minimum atomic E-state index is -0.576. The molecule has 2 rings (SSSR count). The Morgan fingerprint density at radius 1 is 1.30 bits per heavy atom. The van der Waals surface area contributed by atoms with Crippen molar-refractivity contribution in [3.8, 4) is 5.88 Å². The Hall–Kier alpha value is -1.90. The van der Waals surface area contributed by atoms with Gasteiger partial charge in [-0.1, -0.05) is 30.3 Å². The van der Waals surface area contributed by atoms with Crippen LogP contribution in [0.3, 0.4) is 0 Å². The summed E-state index contributed by atoms with van der Waals surface area (Å²) in [5.74, 6) is 0.759. The van der Waals surface area contributed by atoms with Crippen molar-refractivity contribution in [3.05, 3.63) is 45.8 Å². The number of nitrogens with zero attached hydrogens (tertiary/aromatic N) is 2. The van der Waals surface area contributed by atoms with Crippen LogP contribution >= 0.6 is 22.6 Å². The zero-order chi connectivity index (χ0) is 14.4. The van der Waals surface area contributed by atoms with Gasteiger partial charge in [-0.25, -0.2) is 14.8 Å². The van der Waals surface area contributed by atoms with Crippen LogP contribution in [0.15, 0.2) is 36.7 Å². The number of hydrogen-bond acceptors (Lipinski definition) is 5. The quantitative estimate of drug-likeness (QED) is 0.820. The van der Waals surface area contributed by atoms with Gasteiger partial charge in [0.2, 0.25) is 5.88 Å². The van der Waals surface area contributed by atoms with E-state index in [0.29, 0.717) is 15.3 Å². The van der Waals surface area contributed by atoms with Gasteiger partial charge in [-0.15, -0.1) is 0 Å². The predicted molar refractivity (Wildman–Crippen MR) is 81.6 cm³/mol. The Balaban J connectivity index is 1.95. The normalized spacial score (nSPS) is 9.90. The number of carbonyl (C=O) groups excluding carboxylic acids is 1. The topological polar surface area (TPSA) is 73.3 Å². The maximum absolute atomic E-state index is 11.7. The van der Waals surface area contributed by atoms with Gasteiger partial charge in [-0.3, -0.25) is 5.32 Å². The molecule has 1 amide bonds. The van der Waals surface area contributed by atoms with Gasteiger partial charge >= 0.3 is 6.09 Å². The number of nitrogens with one attached hydrogen (secondary N) is 1. The van der Waals surface area contributed by atoms with Gasteiger partial charge in [0, 0.05) is 0 Å². The summed E-state index contributed by atoms with van der Waals surface area (Å²) in [6, 6.07) is 9.43. The van der Waals surface area contributed by atoms with E-state index in [0.717, 1.165) is 5.56 Å². The average Bonchev–Trinajstić information content (AvgIpc) is 2.48. The Bertz CT molecular complexity index is 593. The summed E-state index contributed by atoms with van der Waals surface area (Å²) in [5, 5.41) is 2.56. The fourth-order valence-electron chi connectivity index (χ4n) is 1.44. The molecule has 1 aromatic heterocycles. The lowest BCUT2D eigenvalue weighted by Gasteiger charge is -2.09. The fraction of sp³-hybridized carbons (Fsp3) is 0.154. The Labute approximate surface area is 129 Å². The minimum absolute atomic E-state index is 0.200. The van der Waals surface area contributed by atoms with Gasteiger partial charge in [0.1, 0.15) is 16.5 Å². The molecule has 0 fully saturated rings. The molecule has 0 aliphatic rings. The largest absolute Gasteiger partial charge is 0.480 e. The standard InChI is InChI=1S/C13H12IN3O3/c1-19-12-10(14)11(15-8-16-12)17-13(18)20-7-9-5-3-2-4-6-9/h2-6,8H,7H2,1H3,(H,15,16,17,18). The highest BCUT2D eigenvalue weighted by atomic mass is 127. The van der Waals surface area contributed by atoms with E-state index in [2.05, 4.69) is 15.3 Å². The van der Waals surface area contributed by atoms with Crippen LogP contribution in [0.1, 0.15) is 5.56 Å². The zero-order valence-electron chi connectivity index (χ0n) is 10.7. The van der Waals surface area contributed by atoms with Gasteiger partial charge in [0.05, 0.1) is 7.11 Å². The van der Waals surface area contributed by atoms with Crippen molar-refractivity contribution in [2.75, 3.05) is 12.4 Å². The first kappa shape index (κ1) is 14.5. The second-order valence-electron chi connectivity index (χ2n) is 3.73. The molecule has 0 bridgehead atoms. The first-order valence-corrected chi connectivity index (χ1v) is 6.80. The molecule has 0 atom stereocenters. The molecule has 0 unspecified atom stereocenters. The molecule has 0 radical (unpaired) electrons. The van der Waals surface area contributed by atoms with Crippen molar-refractivity contribution >= 4 is 34.5 Å². The molecule has 1 aromatic carbocycles. The van der Waals surface area contributed by atoms with Crippen LogP contribution in [-0.4, -0.2) is 23.2 Å². The summed E-state index contributed by atoms with van der Waals surface area (Å²) < 4.78 is 10.8. The van der Waals surface area contributed by atoms with E-state index in [1.54, 1.807) is 0 Å². The zero-order valence-corrected chi connectivity index (χ0v) is 12.8. The predicted octanol–water partition coefficient (Wildman–Crippen LogP) is 2.84. The molecule has 1 N–H and O–H groups in total. The van der Waals surface area contributed by atoms with E-state index in [1.165, 1.54) is 13.4 Å². The first-order valence-electron chi connectivity index (χ1n) is 5.73. The number of halogens is 1. The van der Waals surface area contributed by atoms with E-state index in [1.807, 2.05) is 52.9 Å². The third kappa shape index (κ3) is 3.80. The number of amides is 1. The molecule has 0 saturated heterocycles. The maximum atomic E-state index is 11.7. The van der Waals surface area contributed by atoms with E-state index in [9.17, 15) is 4.79 Å². The first-order chi connectivity index (χ1) is 9.70. The van der Waals surface area contributed by atoms with Crippen LogP contribution in [-0.2, 0) is 11.3 Å². The molecule has 7 heteroatoms. The molecule has 2 aromatic rings. The second kappa shape index (κ2) is 7.04. The summed E-state index contributed by atoms with van der Waals surface area (Å²) >= 11 is 1.99. The number of benzene rings is 1. The van der Waals surface area contributed by atoms with Crippen LogP contribution in [0.2, 0.25) is 0 Å². The van der Waals surface area contributed by atoms with Crippen molar-refractivity contribution in [3.63, 3.8) is 0 Å². The molecule has 0 aliphatic heterocycles. The van der Waals surface area contributed by atoms with E-state index in [4.69, 9.17) is 9.47 Å². The highest BCUT2D eigenvalue weighted by Gasteiger charge is 2.12. The lowest BCUT2D eigenvalue weighted by Crippen LogP contribution is -2.16. The van der Waals surface area contributed by atoms with Gasteiger partial charge < -0.3 is 9.47 Å². The maximum Gasteiger partial charge on any atom is 0.413 e. The molecule has 1 heterocycles. The summed E-state index contributed by atoms with van der Waals surface area (Å²) in [6.45, 7) is 0.200. The van der Waals surface area contributed by atoms with Crippen LogP contribution in [0, 0.1) is 3.57 Å². The van der Waals surface area contributed by atoms with Crippen LogP contribution < -0.4 is 10.1 Å². The summed E-state index contributed by atoms with van der Waals surface area (Å²) in [6.07, 6.45) is 0.737. The lowest BCUT2D eigenvalue weighted by atomic mass is 10.2. The third-order valence-electron chi connectivity index (χ3n) is 2.38. The molecule has 20 heavy (non-hydrogen) atoms. The van der Waals surface area contributed by atoms with Crippen LogP contribution in [0.4, 0.5) is 10.6 Å². The number of ether oxygens (including phenoxy) is 2. The van der Waals surface area contributed by atoms with Crippen molar-refractivity contribution in [2.24, 2.45) is 0 Å². The average molecular weight is 385 g/mol. The number of rotatable bonds is 4. The number of hydrogen-bond donors (Lipinski definition) is 1. The van der Waals surface area contributed by atoms with Gasteiger partial charge in [-0.05, 0) is 28.2 Å². The van der Waals surface area contributed by atoms with E-state index < -0.39 is 6.09 Å². The van der Waals surface area contributed by atoms with E-state index >= 15 is 0 Å².